The van der Waals surface area contributed by atoms with Crippen LogP contribution in [0.4, 0.5) is 13.2 Å². The molecule has 0 radical (unpaired) electrons. The number of halogens is 3. The third-order valence-corrected chi connectivity index (χ3v) is 3.77. The van der Waals surface area contributed by atoms with Gasteiger partial charge in [0.2, 0.25) is 5.91 Å². The van der Waals surface area contributed by atoms with Crippen molar-refractivity contribution in [3.8, 4) is 0 Å². The summed E-state index contributed by atoms with van der Waals surface area (Å²) in [5.74, 6) is 0.275. The minimum absolute atomic E-state index is 0.258. The molecule has 1 aliphatic rings. The zero-order valence-corrected chi connectivity index (χ0v) is 13.4. The van der Waals surface area contributed by atoms with Gasteiger partial charge in [0.1, 0.15) is 18.5 Å². The molecule has 3 heterocycles. The summed E-state index contributed by atoms with van der Waals surface area (Å²) in [4.78, 5) is 22.2. The number of hydrogen-bond acceptors (Lipinski definition) is 5. The number of ether oxygens (including phenoxy) is 1. The fraction of sp³-hybridized carbons (Fsp3) is 0.467. The van der Waals surface area contributed by atoms with Gasteiger partial charge in [-0.1, -0.05) is 0 Å². The fourth-order valence-electron chi connectivity index (χ4n) is 2.55. The van der Waals surface area contributed by atoms with Gasteiger partial charge in [-0.05, 0) is 19.1 Å². The van der Waals surface area contributed by atoms with E-state index in [1.165, 1.54) is 0 Å². The summed E-state index contributed by atoms with van der Waals surface area (Å²) in [6.45, 7) is 2.47. The SMILES string of the molecule is Cc1nccc(C2CN(C(=O)Cn3ccc(C(F)(F)F)n3)CCO2)n1. The number of nitrogens with zero attached hydrogens (tertiary/aromatic N) is 5. The van der Waals surface area contributed by atoms with Gasteiger partial charge in [-0.15, -0.1) is 0 Å². The summed E-state index contributed by atoms with van der Waals surface area (Å²) in [6.07, 6.45) is -2.15. The Bertz CT molecular complexity index is 762. The molecule has 2 aromatic rings. The van der Waals surface area contributed by atoms with Crippen molar-refractivity contribution in [2.24, 2.45) is 0 Å². The largest absolute Gasteiger partial charge is 0.435 e. The first-order valence-electron chi connectivity index (χ1n) is 7.62. The molecule has 2 aromatic heterocycles. The van der Waals surface area contributed by atoms with Crippen molar-refractivity contribution in [1.82, 2.24) is 24.6 Å². The van der Waals surface area contributed by atoms with E-state index in [-0.39, 0.29) is 25.1 Å². The Kier molecular flexibility index (Phi) is 4.71. The summed E-state index contributed by atoms with van der Waals surface area (Å²) < 4.78 is 44.3. The van der Waals surface area contributed by atoms with E-state index in [0.717, 1.165) is 16.9 Å². The molecule has 0 N–H and O–H groups in total. The molecule has 0 aliphatic carbocycles. The standard InChI is InChI=1S/C15H16F3N5O2/c1-10-19-4-2-11(20-10)12-8-22(6-7-25-12)14(24)9-23-5-3-13(21-23)15(16,17)18/h2-5,12H,6-9H2,1H3. The van der Waals surface area contributed by atoms with Crippen LogP contribution in [-0.4, -0.2) is 50.3 Å². The summed E-state index contributed by atoms with van der Waals surface area (Å²) in [7, 11) is 0. The monoisotopic (exact) mass is 355 g/mol. The maximum Gasteiger partial charge on any atom is 0.435 e. The van der Waals surface area contributed by atoms with E-state index in [1.54, 1.807) is 24.1 Å². The van der Waals surface area contributed by atoms with Gasteiger partial charge in [-0.25, -0.2) is 9.97 Å². The van der Waals surface area contributed by atoms with Crippen LogP contribution in [-0.2, 0) is 22.3 Å². The number of amides is 1. The van der Waals surface area contributed by atoms with Crippen LogP contribution in [0, 0.1) is 6.92 Å². The lowest BCUT2D eigenvalue weighted by molar-refractivity contribution is -0.143. The first-order valence-corrected chi connectivity index (χ1v) is 7.62. The predicted octanol–water partition coefficient (Wildman–Crippen LogP) is 1.60. The normalized spacial score (nSPS) is 18.4. The van der Waals surface area contributed by atoms with Gasteiger partial charge in [0.05, 0.1) is 18.8 Å². The summed E-state index contributed by atoms with van der Waals surface area (Å²) in [5, 5.41) is 3.40. The predicted molar refractivity (Wildman–Crippen MR) is 79.3 cm³/mol. The van der Waals surface area contributed by atoms with E-state index in [1.807, 2.05) is 0 Å². The molecular weight excluding hydrogens is 339 g/mol. The molecule has 0 aromatic carbocycles. The van der Waals surface area contributed by atoms with E-state index in [0.29, 0.717) is 24.7 Å². The third-order valence-electron chi connectivity index (χ3n) is 3.77. The molecule has 0 bridgehead atoms. The zero-order valence-electron chi connectivity index (χ0n) is 13.4. The van der Waals surface area contributed by atoms with Crippen LogP contribution in [0.2, 0.25) is 0 Å². The highest BCUT2D eigenvalue weighted by atomic mass is 19.4. The Morgan fingerprint density at radius 1 is 1.40 bits per heavy atom. The molecule has 10 heteroatoms. The van der Waals surface area contributed by atoms with Gasteiger partial charge in [-0.2, -0.15) is 18.3 Å². The first kappa shape index (κ1) is 17.3. The molecule has 1 aliphatic heterocycles. The minimum atomic E-state index is -4.52. The number of morpholine rings is 1. The van der Waals surface area contributed by atoms with Crippen LogP contribution >= 0.6 is 0 Å². The molecular formula is C15H16F3N5O2. The third kappa shape index (κ3) is 4.13. The topological polar surface area (TPSA) is 73.1 Å². The number of aromatic nitrogens is 4. The lowest BCUT2D eigenvalue weighted by atomic mass is 10.2. The van der Waals surface area contributed by atoms with E-state index in [4.69, 9.17) is 4.74 Å². The highest BCUT2D eigenvalue weighted by molar-refractivity contribution is 5.76. The van der Waals surface area contributed by atoms with E-state index >= 15 is 0 Å². The van der Waals surface area contributed by atoms with Gasteiger partial charge in [0, 0.05) is 18.9 Å². The number of aryl methyl sites for hydroxylation is 1. The molecule has 25 heavy (non-hydrogen) atoms. The molecule has 1 amide bonds. The van der Waals surface area contributed by atoms with Crippen molar-refractivity contribution in [1.29, 1.82) is 0 Å². The Labute approximate surface area is 141 Å². The molecule has 7 nitrogen and oxygen atoms in total. The average molecular weight is 355 g/mol. The Morgan fingerprint density at radius 2 is 2.20 bits per heavy atom. The average Bonchev–Trinajstić information content (AvgIpc) is 3.04. The summed E-state index contributed by atoms with van der Waals surface area (Å²) >= 11 is 0. The second kappa shape index (κ2) is 6.79. The molecule has 3 rings (SSSR count). The summed E-state index contributed by atoms with van der Waals surface area (Å²) in [5.41, 5.74) is -0.347. The Morgan fingerprint density at radius 3 is 2.88 bits per heavy atom. The van der Waals surface area contributed by atoms with Crippen molar-refractivity contribution in [2.45, 2.75) is 25.7 Å². The Hall–Kier alpha value is -2.49. The van der Waals surface area contributed by atoms with Crippen molar-refractivity contribution >= 4 is 5.91 Å². The second-order valence-corrected chi connectivity index (χ2v) is 5.62. The maximum absolute atomic E-state index is 12.6. The lowest BCUT2D eigenvalue weighted by Gasteiger charge is -2.32. The molecule has 0 spiro atoms. The molecule has 1 saturated heterocycles. The van der Waals surface area contributed by atoms with E-state index in [2.05, 4.69) is 15.1 Å². The van der Waals surface area contributed by atoms with Gasteiger partial charge in [0.15, 0.2) is 5.69 Å². The van der Waals surface area contributed by atoms with E-state index < -0.39 is 11.9 Å². The van der Waals surface area contributed by atoms with Crippen LogP contribution in [0.1, 0.15) is 23.3 Å². The van der Waals surface area contributed by atoms with Crippen LogP contribution in [0.15, 0.2) is 24.5 Å². The molecule has 1 fully saturated rings. The fourth-order valence-corrected chi connectivity index (χ4v) is 2.55. The number of alkyl halides is 3. The Balaban J connectivity index is 1.65. The maximum atomic E-state index is 12.6. The molecule has 134 valence electrons. The lowest BCUT2D eigenvalue weighted by Crippen LogP contribution is -2.44. The van der Waals surface area contributed by atoms with Gasteiger partial charge >= 0.3 is 6.18 Å². The number of carbonyl (C=O) groups excluding carboxylic acids is 1. The molecule has 1 atom stereocenters. The minimum Gasteiger partial charge on any atom is -0.368 e. The van der Waals surface area contributed by atoms with Crippen molar-refractivity contribution in [2.75, 3.05) is 19.7 Å². The zero-order chi connectivity index (χ0) is 18.0. The molecule has 0 saturated carbocycles. The highest BCUT2D eigenvalue weighted by Crippen LogP contribution is 2.27. The second-order valence-electron chi connectivity index (χ2n) is 5.62. The summed E-state index contributed by atoms with van der Waals surface area (Å²) in [6, 6.07) is 2.56. The van der Waals surface area contributed by atoms with Gasteiger partial charge in [-0.3, -0.25) is 9.48 Å². The van der Waals surface area contributed by atoms with E-state index in [9.17, 15) is 18.0 Å². The molecule has 1 unspecified atom stereocenters. The first-order chi connectivity index (χ1) is 11.8. The quantitative estimate of drug-likeness (QED) is 0.836. The number of rotatable bonds is 3. The van der Waals surface area contributed by atoms with Gasteiger partial charge in [0.25, 0.3) is 0 Å². The van der Waals surface area contributed by atoms with Crippen LogP contribution in [0.5, 0.6) is 0 Å². The number of hydrogen-bond donors (Lipinski definition) is 0. The smallest absolute Gasteiger partial charge is 0.368 e. The highest BCUT2D eigenvalue weighted by Gasteiger charge is 2.34. The van der Waals surface area contributed by atoms with Crippen LogP contribution in [0.3, 0.4) is 0 Å². The van der Waals surface area contributed by atoms with Gasteiger partial charge < -0.3 is 9.64 Å². The van der Waals surface area contributed by atoms with Crippen LogP contribution in [0.25, 0.3) is 0 Å². The number of carbonyl (C=O) groups is 1. The van der Waals surface area contributed by atoms with Crippen LogP contribution < -0.4 is 0 Å². The van der Waals surface area contributed by atoms with Crippen molar-refractivity contribution in [3.63, 3.8) is 0 Å². The van der Waals surface area contributed by atoms with Crippen molar-refractivity contribution in [3.05, 3.63) is 41.7 Å². The van der Waals surface area contributed by atoms with Crippen molar-refractivity contribution < 1.29 is 22.7 Å².